The first-order chi connectivity index (χ1) is 9.45. The second kappa shape index (κ2) is 6.35. The summed E-state index contributed by atoms with van der Waals surface area (Å²) in [6.07, 6.45) is -2.65. The van der Waals surface area contributed by atoms with Crippen molar-refractivity contribution in [3.8, 4) is 5.75 Å². The Labute approximate surface area is 124 Å². The molecule has 1 fully saturated rings. The second-order valence-electron chi connectivity index (χ2n) is 5.06. The quantitative estimate of drug-likeness (QED) is 0.753. The normalized spacial score (nSPS) is 18.8. The first kappa shape index (κ1) is 15.6. The standard InChI is InChI=1S/C14H16BrF3O2/c15-9-13(4-6-19-7-5-13)10-20-12-3-1-2-11(8-12)14(16,17)18/h1-3,8H,4-7,9-10H2. The van der Waals surface area contributed by atoms with Gasteiger partial charge in [0.1, 0.15) is 5.75 Å². The van der Waals surface area contributed by atoms with Gasteiger partial charge in [-0.1, -0.05) is 22.0 Å². The van der Waals surface area contributed by atoms with Crippen LogP contribution in [-0.2, 0) is 10.9 Å². The van der Waals surface area contributed by atoms with Crippen LogP contribution in [0.15, 0.2) is 24.3 Å². The van der Waals surface area contributed by atoms with Crippen molar-refractivity contribution in [2.75, 3.05) is 25.2 Å². The number of alkyl halides is 4. The zero-order valence-corrected chi connectivity index (χ0v) is 12.5. The fraction of sp³-hybridized carbons (Fsp3) is 0.571. The van der Waals surface area contributed by atoms with E-state index in [0.29, 0.717) is 19.8 Å². The second-order valence-corrected chi connectivity index (χ2v) is 5.62. The third-order valence-electron chi connectivity index (χ3n) is 3.54. The maximum atomic E-state index is 12.6. The molecule has 20 heavy (non-hydrogen) atoms. The summed E-state index contributed by atoms with van der Waals surface area (Å²) in [6, 6.07) is 5.00. The summed E-state index contributed by atoms with van der Waals surface area (Å²) in [5.41, 5.74) is -0.748. The smallest absolute Gasteiger partial charge is 0.416 e. The summed E-state index contributed by atoms with van der Waals surface area (Å²) in [7, 11) is 0. The van der Waals surface area contributed by atoms with Gasteiger partial charge in [-0.05, 0) is 31.0 Å². The van der Waals surface area contributed by atoms with Crippen LogP contribution in [0.5, 0.6) is 5.75 Å². The highest BCUT2D eigenvalue weighted by molar-refractivity contribution is 9.09. The van der Waals surface area contributed by atoms with Crippen molar-refractivity contribution < 1.29 is 22.6 Å². The monoisotopic (exact) mass is 352 g/mol. The molecule has 0 aliphatic carbocycles. The fourth-order valence-corrected chi connectivity index (χ4v) is 2.84. The van der Waals surface area contributed by atoms with Crippen molar-refractivity contribution in [2.45, 2.75) is 19.0 Å². The Morgan fingerprint density at radius 1 is 1.25 bits per heavy atom. The highest BCUT2D eigenvalue weighted by atomic mass is 79.9. The van der Waals surface area contributed by atoms with Crippen molar-refractivity contribution in [1.82, 2.24) is 0 Å². The number of hydrogen-bond donors (Lipinski definition) is 0. The molecular formula is C14H16BrF3O2. The third-order valence-corrected chi connectivity index (χ3v) is 4.73. The summed E-state index contributed by atoms with van der Waals surface area (Å²) >= 11 is 3.47. The molecule has 0 aromatic heterocycles. The van der Waals surface area contributed by atoms with E-state index in [0.717, 1.165) is 30.3 Å². The van der Waals surface area contributed by atoms with E-state index in [1.807, 2.05) is 0 Å². The maximum Gasteiger partial charge on any atom is 0.416 e. The molecule has 1 saturated heterocycles. The molecule has 0 N–H and O–H groups in total. The third kappa shape index (κ3) is 3.88. The average Bonchev–Trinajstić information content (AvgIpc) is 2.46. The van der Waals surface area contributed by atoms with Gasteiger partial charge in [-0.15, -0.1) is 0 Å². The molecule has 0 unspecified atom stereocenters. The van der Waals surface area contributed by atoms with E-state index in [1.54, 1.807) is 6.07 Å². The Bertz CT molecular complexity index is 442. The molecule has 0 spiro atoms. The summed E-state index contributed by atoms with van der Waals surface area (Å²) in [6.45, 7) is 1.72. The first-order valence-electron chi connectivity index (χ1n) is 6.39. The molecule has 0 radical (unpaired) electrons. The molecule has 1 aromatic carbocycles. The molecular weight excluding hydrogens is 337 g/mol. The largest absolute Gasteiger partial charge is 0.493 e. The maximum absolute atomic E-state index is 12.6. The van der Waals surface area contributed by atoms with Crippen molar-refractivity contribution >= 4 is 15.9 Å². The number of ether oxygens (including phenoxy) is 2. The highest BCUT2D eigenvalue weighted by Gasteiger charge is 2.33. The lowest BCUT2D eigenvalue weighted by Crippen LogP contribution is -2.36. The number of benzene rings is 1. The van der Waals surface area contributed by atoms with E-state index in [2.05, 4.69) is 15.9 Å². The average molecular weight is 353 g/mol. The van der Waals surface area contributed by atoms with E-state index < -0.39 is 11.7 Å². The lowest BCUT2D eigenvalue weighted by molar-refractivity contribution is -0.137. The van der Waals surface area contributed by atoms with E-state index in [1.165, 1.54) is 6.07 Å². The van der Waals surface area contributed by atoms with Crippen LogP contribution in [-0.4, -0.2) is 25.2 Å². The molecule has 0 atom stereocenters. The van der Waals surface area contributed by atoms with Gasteiger partial charge in [0.15, 0.2) is 0 Å². The minimum Gasteiger partial charge on any atom is -0.493 e. The predicted octanol–water partition coefficient (Wildman–Crippen LogP) is 4.28. The summed E-state index contributed by atoms with van der Waals surface area (Å²) < 4.78 is 48.8. The molecule has 0 bridgehead atoms. The molecule has 112 valence electrons. The van der Waals surface area contributed by atoms with Gasteiger partial charge in [0.05, 0.1) is 12.2 Å². The van der Waals surface area contributed by atoms with Crippen LogP contribution in [0.3, 0.4) is 0 Å². The van der Waals surface area contributed by atoms with Crippen molar-refractivity contribution in [3.05, 3.63) is 29.8 Å². The van der Waals surface area contributed by atoms with Gasteiger partial charge in [0, 0.05) is 24.0 Å². The predicted molar refractivity (Wildman–Crippen MR) is 73.2 cm³/mol. The minimum absolute atomic E-state index is 0.0630. The zero-order valence-electron chi connectivity index (χ0n) is 10.9. The highest BCUT2D eigenvalue weighted by Crippen LogP contribution is 2.35. The summed E-state index contributed by atoms with van der Waals surface area (Å²) in [5.74, 6) is 0.256. The molecule has 1 aliphatic rings. The van der Waals surface area contributed by atoms with Gasteiger partial charge in [0.25, 0.3) is 0 Å². The Kier molecular flexibility index (Phi) is 4.96. The molecule has 1 heterocycles. The molecule has 1 aliphatic heterocycles. The summed E-state index contributed by atoms with van der Waals surface area (Å²) in [5, 5.41) is 0.752. The van der Waals surface area contributed by atoms with Gasteiger partial charge < -0.3 is 9.47 Å². The van der Waals surface area contributed by atoms with Crippen molar-refractivity contribution in [2.24, 2.45) is 5.41 Å². The Balaban J connectivity index is 2.03. The van der Waals surface area contributed by atoms with Gasteiger partial charge in [-0.25, -0.2) is 0 Å². The lowest BCUT2D eigenvalue weighted by Gasteiger charge is -2.35. The molecule has 0 amide bonds. The van der Waals surface area contributed by atoms with Crippen molar-refractivity contribution in [3.63, 3.8) is 0 Å². The van der Waals surface area contributed by atoms with Crippen LogP contribution < -0.4 is 4.74 Å². The van der Waals surface area contributed by atoms with Crippen LogP contribution in [0.25, 0.3) is 0 Å². The molecule has 2 nitrogen and oxygen atoms in total. The topological polar surface area (TPSA) is 18.5 Å². The lowest BCUT2D eigenvalue weighted by atomic mass is 9.83. The van der Waals surface area contributed by atoms with E-state index in [-0.39, 0.29) is 11.2 Å². The molecule has 1 aromatic rings. The van der Waals surface area contributed by atoms with Gasteiger partial charge in [-0.3, -0.25) is 0 Å². The fourth-order valence-electron chi connectivity index (χ4n) is 2.12. The van der Waals surface area contributed by atoms with E-state index >= 15 is 0 Å². The molecule has 2 rings (SSSR count). The van der Waals surface area contributed by atoms with Crippen LogP contribution in [0.1, 0.15) is 18.4 Å². The van der Waals surface area contributed by atoms with Crippen LogP contribution in [0.4, 0.5) is 13.2 Å². The first-order valence-corrected chi connectivity index (χ1v) is 7.51. The van der Waals surface area contributed by atoms with Crippen LogP contribution in [0.2, 0.25) is 0 Å². The summed E-state index contributed by atoms with van der Waals surface area (Å²) in [4.78, 5) is 0. The van der Waals surface area contributed by atoms with Gasteiger partial charge in [-0.2, -0.15) is 13.2 Å². The molecule has 6 heteroatoms. The zero-order chi connectivity index (χ0) is 14.6. The minimum atomic E-state index is -4.34. The Hall–Kier alpha value is -0.750. The van der Waals surface area contributed by atoms with Crippen LogP contribution >= 0.6 is 15.9 Å². The van der Waals surface area contributed by atoms with Crippen molar-refractivity contribution in [1.29, 1.82) is 0 Å². The Morgan fingerprint density at radius 3 is 2.55 bits per heavy atom. The van der Waals surface area contributed by atoms with Crippen LogP contribution in [0, 0.1) is 5.41 Å². The van der Waals surface area contributed by atoms with Gasteiger partial charge in [0.2, 0.25) is 0 Å². The number of halogens is 4. The van der Waals surface area contributed by atoms with Gasteiger partial charge >= 0.3 is 6.18 Å². The number of hydrogen-bond acceptors (Lipinski definition) is 2. The SMILES string of the molecule is FC(F)(F)c1cccc(OCC2(CBr)CCOCC2)c1. The van der Waals surface area contributed by atoms with E-state index in [4.69, 9.17) is 9.47 Å². The number of rotatable bonds is 4. The van der Waals surface area contributed by atoms with E-state index in [9.17, 15) is 13.2 Å². The Morgan fingerprint density at radius 2 is 1.95 bits per heavy atom. The molecule has 0 saturated carbocycles.